The largest absolute Gasteiger partial charge is 0.370 e. The van der Waals surface area contributed by atoms with E-state index in [0.717, 1.165) is 44.1 Å². The SMILES string of the molecule is Cc1cc(S(=O)(=O)NCC[NH+]2CCOCC2)ccc1-n1cnnn1. The Labute approximate surface area is 140 Å². The summed E-state index contributed by atoms with van der Waals surface area (Å²) in [6.07, 6.45) is 1.47. The van der Waals surface area contributed by atoms with Crippen molar-refractivity contribution >= 4 is 10.0 Å². The molecule has 2 aromatic rings. The smallest absolute Gasteiger partial charge is 0.240 e. The summed E-state index contributed by atoms with van der Waals surface area (Å²) in [5.74, 6) is 0. The first-order valence-electron chi connectivity index (χ1n) is 7.81. The monoisotopic (exact) mass is 353 g/mol. The van der Waals surface area contributed by atoms with Crippen LogP contribution in [0.25, 0.3) is 5.69 Å². The number of nitrogens with one attached hydrogen (secondary N) is 2. The predicted octanol–water partition coefficient (Wildman–Crippen LogP) is -1.84. The lowest BCUT2D eigenvalue weighted by atomic mass is 10.2. The first-order chi connectivity index (χ1) is 11.6. The Morgan fingerprint density at radius 2 is 2.12 bits per heavy atom. The standard InChI is InChI=1S/C14H20N6O3S/c1-12-10-13(2-3-14(12)20-11-15-17-18-20)24(21,22)16-4-5-19-6-8-23-9-7-19/h2-3,10-11,16H,4-9H2,1H3/p+1. The Hall–Kier alpha value is -1.88. The molecule has 10 heteroatoms. The Balaban J connectivity index is 1.64. The van der Waals surface area contributed by atoms with Gasteiger partial charge in [-0.15, -0.1) is 5.10 Å². The summed E-state index contributed by atoms with van der Waals surface area (Å²) >= 11 is 0. The Kier molecular flexibility index (Phi) is 5.19. The maximum absolute atomic E-state index is 12.4. The van der Waals surface area contributed by atoms with Crippen LogP contribution in [0, 0.1) is 6.92 Å². The van der Waals surface area contributed by atoms with Gasteiger partial charge in [0.2, 0.25) is 10.0 Å². The van der Waals surface area contributed by atoms with Crippen molar-refractivity contribution in [3.05, 3.63) is 30.1 Å². The van der Waals surface area contributed by atoms with Crippen molar-refractivity contribution < 1.29 is 18.1 Å². The molecule has 24 heavy (non-hydrogen) atoms. The van der Waals surface area contributed by atoms with Crippen LogP contribution in [-0.4, -0.2) is 68.0 Å². The third kappa shape index (κ3) is 3.96. The van der Waals surface area contributed by atoms with Gasteiger partial charge < -0.3 is 9.64 Å². The van der Waals surface area contributed by atoms with Crippen LogP contribution in [0.5, 0.6) is 0 Å². The second-order valence-electron chi connectivity index (χ2n) is 5.71. The quantitative estimate of drug-likeness (QED) is 0.633. The van der Waals surface area contributed by atoms with Crippen LogP contribution in [0.4, 0.5) is 0 Å². The lowest BCUT2D eigenvalue weighted by Crippen LogP contribution is -3.14. The lowest BCUT2D eigenvalue weighted by Gasteiger charge is -2.23. The van der Waals surface area contributed by atoms with E-state index in [2.05, 4.69) is 20.2 Å². The zero-order valence-corrected chi connectivity index (χ0v) is 14.3. The number of ether oxygens (including phenoxy) is 1. The number of tetrazole rings is 1. The van der Waals surface area contributed by atoms with Crippen molar-refractivity contribution in [3.8, 4) is 5.69 Å². The van der Waals surface area contributed by atoms with Crippen molar-refractivity contribution in [2.24, 2.45) is 0 Å². The van der Waals surface area contributed by atoms with Crippen molar-refractivity contribution in [1.82, 2.24) is 24.9 Å². The molecule has 0 radical (unpaired) electrons. The highest BCUT2D eigenvalue weighted by Gasteiger charge is 2.18. The van der Waals surface area contributed by atoms with Gasteiger partial charge in [-0.3, -0.25) is 0 Å². The molecule has 0 unspecified atom stereocenters. The number of hydrogen-bond donors (Lipinski definition) is 2. The lowest BCUT2D eigenvalue weighted by molar-refractivity contribution is -0.906. The van der Waals surface area contributed by atoms with E-state index < -0.39 is 10.0 Å². The van der Waals surface area contributed by atoms with Crippen LogP contribution >= 0.6 is 0 Å². The number of aromatic nitrogens is 4. The molecule has 0 atom stereocenters. The molecule has 1 aliphatic rings. The molecule has 1 aromatic carbocycles. The van der Waals surface area contributed by atoms with Gasteiger partial charge in [-0.1, -0.05) is 0 Å². The molecule has 3 rings (SSSR count). The van der Waals surface area contributed by atoms with Crippen molar-refractivity contribution in [3.63, 3.8) is 0 Å². The summed E-state index contributed by atoms with van der Waals surface area (Å²) in [7, 11) is -3.52. The number of rotatable bonds is 6. The average molecular weight is 353 g/mol. The zero-order chi connectivity index (χ0) is 17.0. The molecule has 0 saturated carbocycles. The minimum absolute atomic E-state index is 0.244. The van der Waals surface area contributed by atoms with Gasteiger partial charge in [0.15, 0.2) is 0 Å². The van der Waals surface area contributed by atoms with Crippen molar-refractivity contribution in [2.75, 3.05) is 39.4 Å². The molecule has 2 N–H and O–H groups in total. The number of morpholine rings is 1. The Morgan fingerprint density at radius 1 is 1.33 bits per heavy atom. The fraction of sp³-hybridized carbons (Fsp3) is 0.500. The van der Waals surface area contributed by atoms with Gasteiger partial charge in [-0.05, 0) is 41.1 Å². The summed E-state index contributed by atoms with van der Waals surface area (Å²) in [5, 5.41) is 11.0. The zero-order valence-electron chi connectivity index (χ0n) is 13.5. The van der Waals surface area contributed by atoms with E-state index >= 15 is 0 Å². The van der Waals surface area contributed by atoms with Gasteiger partial charge in [-0.2, -0.15) is 0 Å². The molecule has 1 aromatic heterocycles. The molecule has 0 bridgehead atoms. The van der Waals surface area contributed by atoms with E-state index in [-0.39, 0.29) is 4.90 Å². The van der Waals surface area contributed by atoms with Gasteiger partial charge in [0, 0.05) is 0 Å². The summed E-state index contributed by atoms with van der Waals surface area (Å²) in [6, 6.07) is 4.89. The fourth-order valence-electron chi connectivity index (χ4n) is 2.68. The summed E-state index contributed by atoms with van der Waals surface area (Å²) < 4.78 is 34.3. The molecule has 0 spiro atoms. The van der Waals surface area contributed by atoms with Gasteiger partial charge in [0.1, 0.15) is 19.4 Å². The van der Waals surface area contributed by atoms with Crippen LogP contribution in [0.3, 0.4) is 0 Å². The molecule has 1 aliphatic heterocycles. The van der Waals surface area contributed by atoms with E-state index in [4.69, 9.17) is 4.74 Å². The molecule has 0 amide bonds. The third-order valence-electron chi connectivity index (χ3n) is 4.04. The Bertz CT molecular complexity index is 772. The first-order valence-corrected chi connectivity index (χ1v) is 9.29. The molecular weight excluding hydrogens is 332 g/mol. The van der Waals surface area contributed by atoms with Crippen LogP contribution < -0.4 is 9.62 Å². The second-order valence-corrected chi connectivity index (χ2v) is 7.48. The molecule has 0 aliphatic carbocycles. The van der Waals surface area contributed by atoms with E-state index in [9.17, 15) is 8.42 Å². The summed E-state index contributed by atoms with van der Waals surface area (Å²) in [5.41, 5.74) is 1.53. The van der Waals surface area contributed by atoms with Crippen LogP contribution in [-0.2, 0) is 14.8 Å². The highest BCUT2D eigenvalue weighted by atomic mass is 32.2. The van der Waals surface area contributed by atoms with E-state index in [1.54, 1.807) is 18.2 Å². The molecule has 1 saturated heterocycles. The molecule has 2 heterocycles. The highest BCUT2D eigenvalue weighted by Crippen LogP contribution is 2.17. The minimum Gasteiger partial charge on any atom is -0.370 e. The third-order valence-corrected chi connectivity index (χ3v) is 5.50. The van der Waals surface area contributed by atoms with Crippen LogP contribution in [0.15, 0.2) is 29.4 Å². The number of benzene rings is 1. The Morgan fingerprint density at radius 3 is 2.79 bits per heavy atom. The van der Waals surface area contributed by atoms with E-state index in [1.165, 1.54) is 15.9 Å². The van der Waals surface area contributed by atoms with Gasteiger partial charge in [0.05, 0.1) is 36.9 Å². The first kappa shape index (κ1) is 17.0. The van der Waals surface area contributed by atoms with Crippen LogP contribution in [0.1, 0.15) is 5.56 Å². The second kappa shape index (κ2) is 7.34. The van der Waals surface area contributed by atoms with Crippen LogP contribution in [0.2, 0.25) is 0 Å². The number of sulfonamides is 1. The number of aryl methyl sites for hydroxylation is 1. The molecule has 1 fully saturated rings. The van der Waals surface area contributed by atoms with E-state index in [1.807, 2.05) is 6.92 Å². The fourth-order valence-corrected chi connectivity index (χ4v) is 3.80. The molecule has 130 valence electrons. The van der Waals surface area contributed by atoms with E-state index in [0.29, 0.717) is 6.54 Å². The maximum atomic E-state index is 12.4. The van der Waals surface area contributed by atoms with Crippen molar-refractivity contribution in [2.45, 2.75) is 11.8 Å². The highest BCUT2D eigenvalue weighted by molar-refractivity contribution is 7.89. The average Bonchev–Trinajstić information content (AvgIpc) is 3.10. The topological polar surface area (TPSA) is 103 Å². The van der Waals surface area contributed by atoms with Gasteiger partial charge in [0.25, 0.3) is 0 Å². The summed E-state index contributed by atoms with van der Waals surface area (Å²) in [6.45, 7) is 6.30. The minimum atomic E-state index is -3.52. The summed E-state index contributed by atoms with van der Waals surface area (Å²) in [4.78, 5) is 1.60. The van der Waals surface area contributed by atoms with Crippen molar-refractivity contribution in [1.29, 1.82) is 0 Å². The number of quaternary nitrogens is 1. The predicted molar refractivity (Wildman–Crippen MR) is 85.5 cm³/mol. The number of hydrogen-bond acceptors (Lipinski definition) is 6. The molecule has 9 nitrogen and oxygen atoms in total. The van der Waals surface area contributed by atoms with Gasteiger partial charge in [-0.25, -0.2) is 17.8 Å². The normalized spacial score (nSPS) is 16.4. The maximum Gasteiger partial charge on any atom is 0.240 e. The van der Waals surface area contributed by atoms with Gasteiger partial charge >= 0.3 is 0 Å². The molecular formula is C14H21N6O3S+. The number of nitrogens with zero attached hydrogens (tertiary/aromatic N) is 4.